The Morgan fingerprint density at radius 3 is 2.10 bits per heavy atom. The van der Waals surface area contributed by atoms with Crippen molar-refractivity contribution in [3.63, 3.8) is 0 Å². The lowest BCUT2D eigenvalue weighted by Crippen LogP contribution is -2.38. The quantitative estimate of drug-likeness (QED) is 0.446. The van der Waals surface area contributed by atoms with Crippen LogP contribution in [0.5, 0.6) is 5.75 Å². The molecule has 29 heavy (non-hydrogen) atoms. The Kier molecular flexibility index (Phi) is 4.51. The monoisotopic (exact) mass is 386 g/mol. The first kappa shape index (κ1) is 17.9. The molecule has 2 amide bonds. The van der Waals surface area contributed by atoms with Crippen LogP contribution in [-0.4, -0.2) is 23.0 Å². The Labute approximate surface area is 169 Å². The molecule has 0 N–H and O–H groups in total. The highest BCUT2D eigenvalue weighted by molar-refractivity contribution is 6.06. The molecule has 1 saturated heterocycles. The number of ether oxygens (including phenoxy) is 1. The second kappa shape index (κ2) is 7.32. The van der Waals surface area contributed by atoms with Crippen LogP contribution in [0, 0.1) is 23.7 Å². The Morgan fingerprint density at radius 2 is 1.52 bits per heavy atom. The molecule has 0 aromatic heterocycles. The highest BCUT2D eigenvalue weighted by Crippen LogP contribution is 2.49. The summed E-state index contributed by atoms with van der Waals surface area (Å²) in [5.41, 5.74) is 1.92. The molecule has 2 aromatic rings. The molecule has 2 aromatic carbocycles. The second-order valence-electron chi connectivity index (χ2n) is 7.92. The van der Waals surface area contributed by atoms with Gasteiger partial charge in [-0.3, -0.25) is 9.59 Å². The van der Waals surface area contributed by atoms with Gasteiger partial charge in [-0.15, -0.1) is 0 Å². The zero-order valence-corrected chi connectivity index (χ0v) is 16.0. The van der Waals surface area contributed by atoms with E-state index in [4.69, 9.17) is 4.74 Å². The number of fused-ring (bicyclic) bond motifs is 1. The molecule has 4 atom stereocenters. The molecule has 0 spiro atoms. The van der Waals surface area contributed by atoms with E-state index < -0.39 is 0 Å². The number of rotatable bonds is 5. The fourth-order valence-electron chi connectivity index (χ4n) is 4.69. The Balaban J connectivity index is 1.25. The number of benzene rings is 2. The molecule has 1 aliphatic heterocycles. The van der Waals surface area contributed by atoms with E-state index in [1.807, 2.05) is 54.6 Å². The fraction of sp³-hybridized carbons (Fsp3) is 0.292. The zero-order chi connectivity index (χ0) is 19.8. The van der Waals surface area contributed by atoms with Crippen molar-refractivity contribution in [3.8, 4) is 5.75 Å². The third-order valence-corrected chi connectivity index (χ3v) is 6.19. The molecule has 2 bridgehead atoms. The van der Waals surface area contributed by atoms with Gasteiger partial charge in [0.2, 0.25) is 0 Å². The Bertz CT molecular complexity index is 949. The molecule has 0 unspecified atom stereocenters. The third kappa shape index (κ3) is 3.27. The summed E-state index contributed by atoms with van der Waals surface area (Å²) in [4.78, 5) is 25.5. The Morgan fingerprint density at radius 1 is 0.897 bits per heavy atom. The summed E-state index contributed by atoms with van der Waals surface area (Å²) in [6.07, 6.45) is 7.78. The largest absolute Gasteiger partial charge is 0.489 e. The lowest BCUT2D eigenvalue weighted by atomic mass is 9.63. The van der Waals surface area contributed by atoms with Crippen LogP contribution in [0.25, 0.3) is 0 Å². The van der Waals surface area contributed by atoms with Crippen molar-refractivity contribution in [2.45, 2.75) is 19.4 Å². The maximum Gasteiger partial charge on any atom is 0.254 e. The summed E-state index contributed by atoms with van der Waals surface area (Å²) in [5, 5.41) is 5.33. The number of amides is 2. The number of hydrogen-bond acceptors (Lipinski definition) is 4. The van der Waals surface area contributed by atoms with Crippen LogP contribution in [0.15, 0.2) is 71.9 Å². The van der Waals surface area contributed by atoms with E-state index in [9.17, 15) is 9.59 Å². The molecule has 5 heteroatoms. The van der Waals surface area contributed by atoms with Gasteiger partial charge < -0.3 is 4.74 Å². The predicted molar refractivity (Wildman–Crippen MR) is 109 cm³/mol. The van der Waals surface area contributed by atoms with E-state index in [0.29, 0.717) is 6.61 Å². The molecule has 1 saturated carbocycles. The first-order chi connectivity index (χ1) is 14.2. The highest BCUT2D eigenvalue weighted by Gasteiger charge is 2.56. The number of nitrogens with zero attached hydrogens (tertiary/aromatic N) is 2. The molecule has 3 aliphatic carbocycles. The van der Waals surface area contributed by atoms with Crippen LogP contribution in [0.3, 0.4) is 0 Å². The summed E-state index contributed by atoms with van der Waals surface area (Å²) in [5.74, 6) is 0.365. The maximum absolute atomic E-state index is 12.8. The molecule has 2 fully saturated rings. The van der Waals surface area contributed by atoms with Crippen molar-refractivity contribution in [3.05, 3.63) is 77.9 Å². The van der Waals surface area contributed by atoms with Crippen molar-refractivity contribution >= 4 is 18.0 Å². The van der Waals surface area contributed by atoms with Crippen molar-refractivity contribution in [1.29, 1.82) is 0 Å². The molecule has 6 rings (SSSR count). The van der Waals surface area contributed by atoms with Gasteiger partial charge in [0.1, 0.15) is 12.4 Å². The molecule has 1 heterocycles. The molecule has 4 aliphatic rings. The summed E-state index contributed by atoms with van der Waals surface area (Å²) < 4.78 is 5.78. The van der Waals surface area contributed by atoms with Crippen LogP contribution in [-0.2, 0) is 16.2 Å². The van der Waals surface area contributed by atoms with Gasteiger partial charge in [-0.2, -0.15) is 10.1 Å². The molecular formula is C24H22N2O3. The van der Waals surface area contributed by atoms with Gasteiger partial charge in [0.05, 0.1) is 18.1 Å². The molecule has 146 valence electrons. The fourth-order valence-corrected chi connectivity index (χ4v) is 4.69. The highest BCUT2D eigenvalue weighted by atomic mass is 16.5. The average molecular weight is 386 g/mol. The molecule has 5 nitrogen and oxygen atoms in total. The summed E-state index contributed by atoms with van der Waals surface area (Å²) >= 11 is 0. The van der Waals surface area contributed by atoms with E-state index >= 15 is 0 Å². The second-order valence-corrected chi connectivity index (χ2v) is 7.92. The van der Waals surface area contributed by atoms with E-state index in [1.54, 1.807) is 6.21 Å². The first-order valence-corrected chi connectivity index (χ1v) is 10.1. The minimum atomic E-state index is -0.225. The van der Waals surface area contributed by atoms with Gasteiger partial charge in [-0.05, 0) is 60.1 Å². The van der Waals surface area contributed by atoms with E-state index in [0.717, 1.165) is 34.7 Å². The van der Waals surface area contributed by atoms with E-state index in [-0.39, 0.29) is 35.5 Å². The van der Waals surface area contributed by atoms with Crippen molar-refractivity contribution in [2.24, 2.45) is 28.8 Å². The third-order valence-electron chi connectivity index (χ3n) is 6.19. The van der Waals surface area contributed by atoms with Gasteiger partial charge in [0.15, 0.2) is 0 Å². The smallest absolute Gasteiger partial charge is 0.254 e. The first-order valence-electron chi connectivity index (χ1n) is 10.1. The van der Waals surface area contributed by atoms with Gasteiger partial charge >= 0.3 is 0 Å². The van der Waals surface area contributed by atoms with Crippen LogP contribution in [0.1, 0.15) is 24.0 Å². The topological polar surface area (TPSA) is 59.0 Å². The lowest BCUT2D eigenvalue weighted by molar-refractivity contribution is -0.140. The van der Waals surface area contributed by atoms with Crippen LogP contribution < -0.4 is 4.74 Å². The van der Waals surface area contributed by atoms with Crippen molar-refractivity contribution < 1.29 is 14.3 Å². The van der Waals surface area contributed by atoms with Crippen LogP contribution >= 0.6 is 0 Å². The van der Waals surface area contributed by atoms with Crippen molar-refractivity contribution in [1.82, 2.24) is 5.01 Å². The van der Waals surface area contributed by atoms with Gasteiger partial charge in [-0.25, -0.2) is 0 Å². The van der Waals surface area contributed by atoms with Gasteiger partial charge in [-0.1, -0.05) is 42.5 Å². The molecule has 0 radical (unpaired) electrons. The van der Waals surface area contributed by atoms with Crippen LogP contribution in [0.2, 0.25) is 0 Å². The van der Waals surface area contributed by atoms with E-state index in [2.05, 4.69) is 17.3 Å². The number of carbonyl (C=O) groups excluding carboxylic acids is 2. The average Bonchev–Trinajstić information content (AvgIpc) is 3.05. The predicted octanol–water partition coefficient (Wildman–Crippen LogP) is 3.80. The SMILES string of the molecule is O=C1[C@@H]2[C@H](C(=O)N1/N=C\c1ccc(OCc3ccccc3)cc1)[C@H]1C=C[C@H]2CC1. The summed E-state index contributed by atoms with van der Waals surface area (Å²) in [7, 11) is 0. The number of imide groups is 1. The number of carbonyl (C=O) groups is 2. The summed E-state index contributed by atoms with van der Waals surface area (Å²) in [6, 6.07) is 17.4. The number of allylic oxidation sites excluding steroid dienone is 2. The summed E-state index contributed by atoms with van der Waals surface area (Å²) in [6.45, 7) is 0.504. The van der Waals surface area contributed by atoms with Crippen molar-refractivity contribution in [2.75, 3.05) is 0 Å². The van der Waals surface area contributed by atoms with E-state index in [1.165, 1.54) is 0 Å². The lowest BCUT2D eigenvalue weighted by Gasteiger charge is -2.37. The number of hydrogen-bond donors (Lipinski definition) is 0. The maximum atomic E-state index is 12.8. The van der Waals surface area contributed by atoms with Crippen LogP contribution in [0.4, 0.5) is 0 Å². The Hall–Kier alpha value is -3.21. The zero-order valence-electron chi connectivity index (χ0n) is 16.0. The minimum absolute atomic E-state index is 0.155. The standard InChI is InChI=1S/C24H22N2O3/c27-23-21-18-8-9-19(11-10-18)22(21)24(28)26(23)25-14-16-6-12-20(13-7-16)29-15-17-4-2-1-3-5-17/h1-9,12-14,18-19,21-22H,10-11,15H2/b25-14-/t18-,19-,21-,22+/m0/s1. The normalized spacial score (nSPS) is 27.7. The number of hydrazone groups is 1. The molecular weight excluding hydrogens is 364 g/mol. The minimum Gasteiger partial charge on any atom is -0.489 e. The van der Waals surface area contributed by atoms with Gasteiger partial charge in [0, 0.05) is 0 Å². The van der Waals surface area contributed by atoms with Gasteiger partial charge in [0.25, 0.3) is 11.8 Å².